The van der Waals surface area contributed by atoms with Crippen molar-refractivity contribution in [3.05, 3.63) is 101 Å². The normalized spacial score (nSPS) is 11.1. The minimum atomic E-state index is -0.555. The summed E-state index contributed by atoms with van der Waals surface area (Å²) in [5, 5.41) is 5.22. The van der Waals surface area contributed by atoms with Crippen LogP contribution in [0.4, 0.5) is 4.39 Å². The van der Waals surface area contributed by atoms with Gasteiger partial charge < -0.3 is 15.1 Å². The van der Waals surface area contributed by atoms with Gasteiger partial charge in [-0.15, -0.1) is 0 Å². The maximum absolute atomic E-state index is 14.0. The smallest absolute Gasteiger partial charge is 0.268 e. The lowest BCUT2D eigenvalue weighted by Gasteiger charge is -2.11. The van der Waals surface area contributed by atoms with E-state index in [1.807, 2.05) is 6.92 Å². The SMILES string of the molecule is Cc1ccc(C(=O)N/C(=C/c2ccccc2F)C(=O)NCc2ccco2)cc1. The van der Waals surface area contributed by atoms with Crippen LogP contribution in [-0.2, 0) is 11.3 Å². The highest BCUT2D eigenvalue weighted by Gasteiger charge is 2.15. The predicted octanol–water partition coefficient (Wildman–Crippen LogP) is 3.81. The van der Waals surface area contributed by atoms with Crippen LogP contribution in [0.1, 0.15) is 27.2 Å². The molecule has 0 saturated carbocycles. The third-order valence-electron chi connectivity index (χ3n) is 4.01. The number of halogens is 1. The van der Waals surface area contributed by atoms with Gasteiger partial charge in [-0.3, -0.25) is 9.59 Å². The fraction of sp³-hybridized carbons (Fsp3) is 0.0909. The lowest BCUT2D eigenvalue weighted by Crippen LogP contribution is -2.34. The number of hydrogen-bond donors (Lipinski definition) is 2. The van der Waals surface area contributed by atoms with Gasteiger partial charge in [-0.05, 0) is 43.3 Å². The third-order valence-corrected chi connectivity index (χ3v) is 4.01. The first-order chi connectivity index (χ1) is 13.5. The lowest BCUT2D eigenvalue weighted by molar-refractivity contribution is -0.118. The van der Waals surface area contributed by atoms with Crippen LogP contribution < -0.4 is 10.6 Å². The molecule has 2 N–H and O–H groups in total. The van der Waals surface area contributed by atoms with E-state index in [4.69, 9.17) is 4.42 Å². The summed E-state index contributed by atoms with van der Waals surface area (Å²) in [7, 11) is 0. The molecule has 2 aromatic carbocycles. The Morgan fingerprint density at radius 2 is 1.79 bits per heavy atom. The fourth-order valence-corrected chi connectivity index (χ4v) is 2.48. The summed E-state index contributed by atoms with van der Waals surface area (Å²) < 4.78 is 19.2. The number of carbonyl (C=O) groups is 2. The summed E-state index contributed by atoms with van der Waals surface area (Å²) >= 11 is 0. The van der Waals surface area contributed by atoms with E-state index in [0.29, 0.717) is 11.3 Å². The van der Waals surface area contributed by atoms with Gasteiger partial charge in [0.15, 0.2) is 0 Å². The summed E-state index contributed by atoms with van der Waals surface area (Å²) in [6.07, 6.45) is 2.80. The highest BCUT2D eigenvalue weighted by Crippen LogP contribution is 2.12. The molecule has 6 heteroatoms. The largest absolute Gasteiger partial charge is 0.467 e. The van der Waals surface area contributed by atoms with E-state index in [9.17, 15) is 14.0 Å². The van der Waals surface area contributed by atoms with Crippen molar-refractivity contribution in [1.29, 1.82) is 0 Å². The highest BCUT2D eigenvalue weighted by atomic mass is 19.1. The fourth-order valence-electron chi connectivity index (χ4n) is 2.48. The van der Waals surface area contributed by atoms with Crippen LogP contribution >= 0.6 is 0 Å². The van der Waals surface area contributed by atoms with E-state index in [1.54, 1.807) is 48.5 Å². The molecule has 1 aromatic heterocycles. The van der Waals surface area contributed by atoms with Crippen molar-refractivity contribution >= 4 is 17.9 Å². The Bertz CT molecular complexity index is 993. The van der Waals surface area contributed by atoms with Gasteiger partial charge >= 0.3 is 0 Å². The predicted molar refractivity (Wildman–Crippen MR) is 104 cm³/mol. The van der Waals surface area contributed by atoms with Gasteiger partial charge in [0.1, 0.15) is 17.3 Å². The third kappa shape index (κ3) is 4.94. The van der Waals surface area contributed by atoms with Crippen molar-refractivity contribution in [1.82, 2.24) is 10.6 Å². The molecule has 0 unspecified atom stereocenters. The van der Waals surface area contributed by atoms with Crippen LogP contribution in [0.2, 0.25) is 0 Å². The second kappa shape index (κ2) is 8.81. The topological polar surface area (TPSA) is 71.3 Å². The minimum absolute atomic E-state index is 0.0674. The van der Waals surface area contributed by atoms with E-state index >= 15 is 0 Å². The van der Waals surface area contributed by atoms with Gasteiger partial charge in [0.05, 0.1) is 12.8 Å². The molecule has 0 radical (unpaired) electrons. The van der Waals surface area contributed by atoms with Crippen LogP contribution in [0, 0.1) is 12.7 Å². The molecule has 0 aliphatic carbocycles. The van der Waals surface area contributed by atoms with Gasteiger partial charge in [-0.25, -0.2) is 4.39 Å². The molecular weight excluding hydrogens is 359 g/mol. The number of rotatable bonds is 6. The molecule has 0 bridgehead atoms. The van der Waals surface area contributed by atoms with Crippen LogP contribution in [0.15, 0.2) is 77.0 Å². The zero-order valence-electron chi connectivity index (χ0n) is 15.2. The van der Waals surface area contributed by atoms with Crippen molar-refractivity contribution in [2.45, 2.75) is 13.5 Å². The molecule has 1 heterocycles. The Morgan fingerprint density at radius 1 is 1.04 bits per heavy atom. The minimum Gasteiger partial charge on any atom is -0.467 e. The first kappa shape index (κ1) is 19.1. The average molecular weight is 378 g/mol. The molecular formula is C22H19FN2O3. The molecule has 3 rings (SSSR count). The van der Waals surface area contributed by atoms with Gasteiger partial charge in [-0.1, -0.05) is 35.9 Å². The molecule has 5 nitrogen and oxygen atoms in total. The number of hydrogen-bond acceptors (Lipinski definition) is 3. The summed E-state index contributed by atoms with van der Waals surface area (Å²) in [4.78, 5) is 25.2. The summed E-state index contributed by atoms with van der Waals surface area (Å²) in [5.41, 5.74) is 1.52. The Hall–Kier alpha value is -3.67. The second-order valence-corrected chi connectivity index (χ2v) is 6.16. The van der Waals surface area contributed by atoms with Gasteiger partial charge in [0, 0.05) is 11.1 Å². The number of furan rings is 1. The van der Waals surface area contributed by atoms with E-state index in [1.165, 1.54) is 24.5 Å². The zero-order valence-corrected chi connectivity index (χ0v) is 15.2. The van der Waals surface area contributed by atoms with E-state index in [0.717, 1.165) is 5.56 Å². The van der Waals surface area contributed by atoms with Crippen molar-refractivity contribution < 1.29 is 18.4 Å². The molecule has 0 spiro atoms. The quantitative estimate of drug-likeness (QED) is 0.641. The highest BCUT2D eigenvalue weighted by molar-refractivity contribution is 6.05. The van der Waals surface area contributed by atoms with Crippen molar-refractivity contribution in [2.24, 2.45) is 0 Å². The van der Waals surface area contributed by atoms with E-state index in [-0.39, 0.29) is 17.8 Å². The number of nitrogens with one attached hydrogen (secondary N) is 2. The first-order valence-corrected chi connectivity index (χ1v) is 8.68. The summed E-state index contributed by atoms with van der Waals surface area (Å²) in [6, 6.07) is 16.3. The van der Waals surface area contributed by atoms with Crippen molar-refractivity contribution in [2.75, 3.05) is 0 Å². The standard InChI is InChI=1S/C22H19FN2O3/c1-15-8-10-16(11-9-15)21(26)25-20(13-17-5-2-3-7-19(17)23)22(27)24-14-18-6-4-12-28-18/h2-13H,14H2,1H3,(H,24,27)(H,25,26)/b20-13+. The van der Waals surface area contributed by atoms with Crippen LogP contribution in [0.5, 0.6) is 0 Å². The van der Waals surface area contributed by atoms with E-state index in [2.05, 4.69) is 10.6 Å². The van der Waals surface area contributed by atoms with Crippen molar-refractivity contribution in [3.8, 4) is 0 Å². The molecule has 0 aliphatic rings. The molecule has 28 heavy (non-hydrogen) atoms. The van der Waals surface area contributed by atoms with Gasteiger partial charge in [-0.2, -0.15) is 0 Å². The Kier molecular flexibility index (Phi) is 6.01. The van der Waals surface area contributed by atoms with Gasteiger partial charge in [0.2, 0.25) is 0 Å². The lowest BCUT2D eigenvalue weighted by atomic mass is 10.1. The number of aryl methyl sites for hydroxylation is 1. The van der Waals surface area contributed by atoms with Crippen molar-refractivity contribution in [3.63, 3.8) is 0 Å². The first-order valence-electron chi connectivity index (χ1n) is 8.68. The molecule has 0 fully saturated rings. The van der Waals surface area contributed by atoms with Crippen LogP contribution in [-0.4, -0.2) is 11.8 Å². The van der Waals surface area contributed by atoms with Crippen LogP contribution in [0.25, 0.3) is 6.08 Å². The summed E-state index contributed by atoms with van der Waals surface area (Å²) in [5.74, 6) is -0.956. The molecule has 0 saturated heterocycles. The Labute approximate surface area is 161 Å². The number of amides is 2. The van der Waals surface area contributed by atoms with Gasteiger partial charge in [0.25, 0.3) is 11.8 Å². The number of benzene rings is 2. The van der Waals surface area contributed by atoms with E-state index < -0.39 is 17.6 Å². The Morgan fingerprint density at radius 3 is 2.46 bits per heavy atom. The maximum Gasteiger partial charge on any atom is 0.268 e. The molecule has 0 aliphatic heterocycles. The molecule has 0 atom stereocenters. The second-order valence-electron chi connectivity index (χ2n) is 6.16. The number of carbonyl (C=O) groups excluding carboxylic acids is 2. The average Bonchev–Trinajstić information content (AvgIpc) is 3.21. The molecule has 3 aromatic rings. The van der Waals surface area contributed by atoms with Crippen LogP contribution in [0.3, 0.4) is 0 Å². The summed E-state index contributed by atoms with van der Waals surface area (Å²) in [6.45, 7) is 2.05. The molecule has 142 valence electrons. The zero-order chi connectivity index (χ0) is 19.9. The maximum atomic E-state index is 14.0. The Balaban J connectivity index is 1.83. The monoisotopic (exact) mass is 378 g/mol. The molecule has 2 amide bonds.